The summed E-state index contributed by atoms with van der Waals surface area (Å²) >= 11 is 6.33. The molecule has 0 saturated heterocycles. The average molecular weight is 663 g/mol. The molecule has 6 rings (SSSR count). The number of anilines is 1. The Hall–Kier alpha value is -3.33. The number of aryl methyl sites for hydroxylation is 1. The topological polar surface area (TPSA) is 95.9 Å². The van der Waals surface area contributed by atoms with Crippen molar-refractivity contribution in [2.24, 2.45) is 17.8 Å². The molecule has 2 N–H and O–H groups in total. The molecule has 0 aromatic heterocycles. The van der Waals surface area contributed by atoms with Crippen molar-refractivity contribution in [3.8, 4) is 5.75 Å². The largest absolute Gasteiger partial charge is 0.487 e. The number of hydrogen-bond donors (Lipinski definition) is 2. The van der Waals surface area contributed by atoms with Crippen LogP contribution in [0, 0.1) is 17.8 Å². The lowest BCUT2D eigenvalue weighted by Gasteiger charge is -2.42. The van der Waals surface area contributed by atoms with Gasteiger partial charge in [0.1, 0.15) is 12.4 Å². The van der Waals surface area contributed by atoms with Gasteiger partial charge in [0.2, 0.25) is 10.0 Å². The smallest absolute Gasteiger partial charge is 0.264 e. The molecule has 0 radical (unpaired) electrons. The lowest BCUT2D eigenvalue weighted by Crippen LogP contribution is -2.44. The van der Waals surface area contributed by atoms with Gasteiger partial charge in [-0.05, 0) is 110 Å². The molecule has 0 spiro atoms. The van der Waals surface area contributed by atoms with Crippen molar-refractivity contribution in [2.45, 2.75) is 69.8 Å². The van der Waals surface area contributed by atoms with Gasteiger partial charge in [-0.1, -0.05) is 67.1 Å². The first-order valence-corrected chi connectivity index (χ1v) is 18.3. The van der Waals surface area contributed by atoms with Crippen molar-refractivity contribution < 1.29 is 23.1 Å². The first-order chi connectivity index (χ1) is 22.2. The quantitative estimate of drug-likeness (QED) is 0.296. The number of nitrogens with one attached hydrogen (secondary N) is 1. The zero-order valence-electron chi connectivity index (χ0n) is 26.3. The Kier molecular flexibility index (Phi) is 10.1. The fraction of sp³-hybridized carbons (Fsp3) is 0.432. The first-order valence-electron chi connectivity index (χ1n) is 16.4. The van der Waals surface area contributed by atoms with Crippen LogP contribution in [0.2, 0.25) is 5.02 Å². The summed E-state index contributed by atoms with van der Waals surface area (Å²) in [6.07, 6.45) is 8.59. The molecule has 2 aliphatic heterocycles. The Morgan fingerprint density at radius 2 is 1.85 bits per heavy atom. The fourth-order valence-electron chi connectivity index (χ4n) is 7.09. The standard InChI is InChI=1S/C37H43ClN2O5S/c1-25-8-7-12-34(41)32-17-14-29(32)23-40-19-6-5-11-27-21-31(38)16-13-30(27)24-45-35-18-15-28(22-33(35)40)37(42)39-46(43,44)36(25)20-26-9-3-2-4-10-26/h2-4,7,9-10,12-13,15-16,18,21-22,25,29,32,34,36,41H,5-6,8,11,14,17,19-20,23-24H2,1H3,(H,39,42)/b12-7+/t25?,29-,32+,34-,36?/m0/s1. The van der Waals surface area contributed by atoms with Gasteiger partial charge >= 0.3 is 0 Å². The Morgan fingerprint density at radius 1 is 1.02 bits per heavy atom. The van der Waals surface area contributed by atoms with E-state index in [0.29, 0.717) is 30.3 Å². The Labute approximate surface area is 277 Å². The van der Waals surface area contributed by atoms with Gasteiger partial charge in [0, 0.05) is 23.7 Å². The summed E-state index contributed by atoms with van der Waals surface area (Å²) in [5, 5.41) is 11.1. The number of rotatable bonds is 2. The highest BCUT2D eigenvalue weighted by Crippen LogP contribution is 2.41. The number of nitrogens with zero attached hydrogens (tertiary/aromatic N) is 1. The molecule has 7 nitrogen and oxygen atoms in total. The molecule has 46 heavy (non-hydrogen) atoms. The van der Waals surface area contributed by atoms with Crippen LogP contribution in [0.25, 0.3) is 0 Å². The van der Waals surface area contributed by atoms with Crippen molar-refractivity contribution in [3.63, 3.8) is 0 Å². The van der Waals surface area contributed by atoms with Crippen LogP contribution in [0.3, 0.4) is 0 Å². The predicted octanol–water partition coefficient (Wildman–Crippen LogP) is 6.72. The van der Waals surface area contributed by atoms with E-state index in [2.05, 4.69) is 9.62 Å². The molecule has 2 heterocycles. The highest BCUT2D eigenvalue weighted by Gasteiger charge is 2.38. The summed E-state index contributed by atoms with van der Waals surface area (Å²) in [5.41, 5.74) is 4.15. The minimum Gasteiger partial charge on any atom is -0.487 e. The number of carbonyl (C=O) groups is 1. The van der Waals surface area contributed by atoms with E-state index in [0.717, 1.165) is 55.5 Å². The summed E-state index contributed by atoms with van der Waals surface area (Å²) in [5.74, 6) is 0.0802. The SMILES string of the molecule is CC1C/C=C/[C@H](O)[C@@H]2CC[C@H]2CN2CCCCc3cc(Cl)ccc3COc3ccc(cc32)C(=O)NS(=O)(=O)C1Cc1ccccc1. The number of ether oxygens (including phenoxy) is 1. The van der Waals surface area contributed by atoms with Crippen molar-refractivity contribution in [3.05, 3.63) is 106 Å². The maximum Gasteiger partial charge on any atom is 0.264 e. The maximum atomic E-state index is 13.9. The molecule has 1 fully saturated rings. The van der Waals surface area contributed by atoms with Gasteiger partial charge in [0.15, 0.2) is 0 Å². The number of sulfonamides is 1. The number of allylic oxidation sites excluding steroid dienone is 1. The summed E-state index contributed by atoms with van der Waals surface area (Å²) in [4.78, 5) is 16.0. The Morgan fingerprint density at radius 3 is 2.63 bits per heavy atom. The van der Waals surface area contributed by atoms with Crippen LogP contribution in [0.15, 0.2) is 78.9 Å². The highest BCUT2D eigenvalue weighted by molar-refractivity contribution is 7.90. The molecule has 2 bridgehead atoms. The molecule has 5 atom stereocenters. The van der Waals surface area contributed by atoms with Gasteiger partial charge in [-0.25, -0.2) is 13.1 Å². The zero-order chi connectivity index (χ0) is 32.3. The van der Waals surface area contributed by atoms with Crippen LogP contribution < -0.4 is 14.4 Å². The monoisotopic (exact) mass is 662 g/mol. The van der Waals surface area contributed by atoms with Gasteiger partial charge < -0.3 is 14.7 Å². The molecule has 3 aliphatic rings. The molecule has 1 aliphatic carbocycles. The van der Waals surface area contributed by atoms with Crippen molar-refractivity contribution in [1.82, 2.24) is 4.72 Å². The van der Waals surface area contributed by atoms with Gasteiger partial charge in [0.05, 0.1) is 17.0 Å². The number of aliphatic hydroxyl groups is 1. The highest BCUT2D eigenvalue weighted by atomic mass is 35.5. The number of benzene rings is 3. The molecule has 1 amide bonds. The lowest BCUT2D eigenvalue weighted by atomic mass is 9.70. The predicted molar refractivity (Wildman–Crippen MR) is 183 cm³/mol. The average Bonchev–Trinajstić information content (AvgIpc) is 3.04. The molecule has 2 unspecified atom stereocenters. The van der Waals surface area contributed by atoms with E-state index in [9.17, 15) is 18.3 Å². The van der Waals surface area contributed by atoms with E-state index in [1.165, 1.54) is 5.56 Å². The van der Waals surface area contributed by atoms with E-state index >= 15 is 0 Å². The van der Waals surface area contributed by atoms with E-state index < -0.39 is 27.3 Å². The molecular weight excluding hydrogens is 620 g/mol. The minimum atomic E-state index is -4.07. The summed E-state index contributed by atoms with van der Waals surface area (Å²) in [6.45, 7) is 3.69. The third-order valence-corrected chi connectivity index (χ3v) is 12.1. The summed E-state index contributed by atoms with van der Waals surface area (Å²) in [6, 6.07) is 20.6. The normalized spacial score (nSPS) is 27.4. The van der Waals surface area contributed by atoms with Gasteiger partial charge in [-0.15, -0.1) is 0 Å². The van der Waals surface area contributed by atoms with Gasteiger partial charge in [-0.3, -0.25) is 4.79 Å². The Bertz CT molecular complexity index is 1680. The molecular formula is C37H43ClN2O5S. The maximum absolute atomic E-state index is 13.9. The number of carbonyl (C=O) groups excluding carboxylic acids is 1. The number of fused-ring (bicyclic) bond motifs is 3. The second-order valence-corrected chi connectivity index (χ2v) is 15.5. The fourth-order valence-corrected chi connectivity index (χ4v) is 8.94. The molecule has 3 aromatic carbocycles. The van der Waals surface area contributed by atoms with Crippen LogP contribution in [-0.4, -0.2) is 43.9 Å². The van der Waals surface area contributed by atoms with E-state index in [1.807, 2.05) is 67.6 Å². The second kappa shape index (κ2) is 14.2. The van der Waals surface area contributed by atoms with Crippen LogP contribution in [0.5, 0.6) is 5.75 Å². The van der Waals surface area contributed by atoms with Crippen LogP contribution in [0.4, 0.5) is 5.69 Å². The van der Waals surface area contributed by atoms with E-state index in [1.54, 1.807) is 18.2 Å². The third-order valence-electron chi connectivity index (χ3n) is 10.00. The van der Waals surface area contributed by atoms with Crippen molar-refractivity contribution in [1.29, 1.82) is 0 Å². The molecule has 9 heteroatoms. The first kappa shape index (κ1) is 32.6. The summed E-state index contributed by atoms with van der Waals surface area (Å²) < 4.78 is 36.6. The van der Waals surface area contributed by atoms with Gasteiger partial charge in [0.25, 0.3) is 5.91 Å². The summed E-state index contributed by atoms with van der Waals surface area (Å²) in [7, 11) is -4.07. The third kappa shape index (κ3) is 7.45. The van der Waals surface area contributed by atoms with E-state index in [4.69, 9.17) is 16.3 Å². The van der Waals surface area contributed by atoms with Crippen LogP contribution in [0.1, 0.15) is 66.1 Å². The van der Waals surface area contributed by atoms with Crippen molar-refractivity contribution >= 4 is 33.2 Å². The van der Waals surface area contributed by atoms with Crippen molar-refractivity contribution in [2.75, 3.05) is 18.0 Å². The second-order valence-electron chi connectivity index (χ2n) is 13.1. The number of hydrogen-bond acceptors (Lipinski definition) is 6. The number of halogens is 1. The van der Waals surface area contributed by atoms with E-state index in [-0.39, 0.29) is 29.7 Å². The minimum absolute atomic E-state index is 0.115. The van der Waals surface area contributed by atoms with Crippen LogP contribution in [-0.2, 0) is 29.5 Å². The molecule has 244 valence electrons. The number of amides is 1. The Balaban J connectivity index is 1.38. The zero-order valence-corrected chi connectivity index (χ0v) is 27.8. The molecule has 1 saturated carbocycles. The lowest BCUT2D eigenvalue weighted by molar-refractivity contribution is 0.0461. The van der Waals surface area contributed by atoms with Gasteiger partial charge in [-0.2, -0.15) is 0 Å². The van der Waals surface area contributed by atoms with Crippen LogP contribution >= 0.6 is 11.6 Å². The molecule has 3 aromatic rings. The number of aliphatic hydroxyl groups excluding tert-OH is 1.